The molecule has 7 nitrogen and oxygen atoms in total. The van der Waals surface area contributed by atoms with Crippen molar-refractivity contribution in [2.45, 2.75) is 26.4 Å². The van der Waals surface area contributed by atoms with Gasteiger partial charge in [-0.1, -0.05) is 23.7 Å². The third-order valence-electron chi connectivity index (χ3n) is 3.45. The average molecular weight is 406 g/mol. The minimum Gasteiger partial charge on any atom is -0.459 e. The Labute approximate surface area is 169 Å². The SMILES string of the molecule is CONc1cc(C(=O)NCC(=O)OC(C)(C)C)ccc1Nc1ccccc1Cl. The maximum Gasteiger partial charge on any atom is 0.325 e. The van der Waals surface area contributed by atoms with Gasteiger partial charge in [0.15, 0.2) is 0 Å². The highest BCUT2D eigenvalue weighted by Crippen LogP contribution is 2.30. The molecule has 0 aliphatic heterocycles. The first-order chi connectivity index (χ1) is 13.2. The van der Waals surface area contributed by atoms with Crippen molar-refractivity contribution in [3.8, 4) is 0 Å². The van der Waals surface area contributed by atoms with E-state index in [4.69, 9.17) is 21.2 Å². The summed E-state index contributed by atoms with van der Waals surface area (Å²) in [7, 11) is 1.47. The number of halogens is 1. The summed E-state index contributed by atoms with van der Waals surface area (Å²) in [6.07, 6.45) is 0. The molecule has 0 aromatic heterocycles. The fourth-order valence-corrected chi connectivity index (χ4v) is 2.51. The van der Waals surface area contributed by atoms with E-state index in [2.05, 4.69) is 16.1 Å². The molecule has 2 rings (SSSR count). The van der Waals surface area contributed by atoms with E-state index in [1.54, 1.807) is 45.0 Å². The fraction of sp³-hybridized carbons (Fsp3) is 0.300. The number of anilines is 3. The van der Waals surface area contributed by atoms with Crippen LogP contribution < -0.4 is 16.1 Å². The normalized spacial score (nSPS) is 10.9. The predicted molar refractivity (Wildman–Crippen MR) is 110 cm³/mol. The molecule has 0 aliphatic carbocycles. The smallest absolute Gasteiger partial charge is 0.325 e. The molecule has 150 valence electrons. The molecule has 0 radical (unpaired) electrons. The molecule has 2 aromatic rings. The molecule has 8 heteroatoms. The summed E-state index contributed by atoms with van der Waals surface area (Å²) < 4.78 is 5.17. The number of ether oxygens (including phenoxy) is 1. The number of carbonyl (C=O) groups is 2. The van der Waals surface area contributed by atoms with Gasteiger partial charge < -0.3 is 15.4 Å². The second-order valence-electron chi connectivity index (χ2n) is 6.94. The van der Waals surface area contributed by atoms with Gasteiger partial charge in [-0.2, -0.15) is 0 Å². The zero-order chi connectivity index (χ0) is 20.7. The van der Waals surface area contributed by atoms with Crippen LogP contribution in [0.1, 0.15) is 31.1 Å². The zero-order valence-corrected chi connectivity index (χ0v) is 17.0. The summed E-state index contributed by atoms with van der Waals surface area (Å²) >= 11 is 6.18. The number of rotatable bonds is 7. The maximum atomic E-state index is 12.4. The third kappa shape index (κ3) is 6.44. The molecule has 0 atom stereocenters. The van der Waals surface area contributed by atoms with Crippen molar-refractivity contribution in [1.29, 1.82) is 0 Å². The Kier molecular flexibility index (Phi) is 7.25. The van der Waals surface area contributed by atoms with Crippen LogP contribution in [0.25, 0.3) is 0 Å². The third-order valence-corrected chi connectivity index (χ3v) is 3.78. The Morgan fingerprint density at radius 1 is 1.04 bits per heavy atom. The minimum absolute atomic E-state index is 0.219. The van der Waals surface area contributed by atoms with Crippen molar-refractivity contribution in [3.63, 3.8) is 0 Å². The van der Waals surface area contributed by atoms with Gasteiger partial charge in [0.2, 0.25) is 0 Å². The summed E-state index contributed by atoms with van der Waals surface area (Å²) in [6, 6.07) is 12.2. The van der Waals surface area contributed by atoms with Crippen molar-refractivity contribution in [1.82, 2.24) is 5.32 Å². The van der Waals surface area contributed by atoms with Crippen molar-refractivity contribution in [2.75, 3.05) is 24.5 Å². The van der Waals surface area contributed by atoms with Crippen LogP contribution in [-0.2, 0) is 14.4 Å². The van der Waals surface area contributed by atoms with E-state index in [-0.39, 0.29) is 6.54 Å². The van der Waals surface area contributed by atoms with Crippen LogP contribution in [0.5, 0.6) is 0 Å². The number of esters is 1. The highest BCUT2D eigenvalue weighted by atomic mass is 35.5. The Morgan fingerprint density at radius 2 is 1.75 bits per heavy atom. The van der Waals surface area contributed by atoms with E-state index >= 15 is 0 Å². The molecule has 0 heterocycles. The van der Waals surface area contributed by atoms with E-state index in [1.165, 1.54) is 7.11 Å². The number of hydrogen-bond donors (Lipinski definition) is 3. The van der Waals surface area contributed by atoms with Crippen molar-refractivity contribution in [2.24, 2.45) is 0 Å². The van der Waals surface area contributed by atoms with E-state index in [0.29, 0.717) is 27.6 Å². The first-order valence-corrected chi connectivity index (χ1v) is 9.02. The first-order valence-electron chi connectivity index (χ1n) is 8.64. The molecule has 3 N–H and O–H groups in total. The lowest BCUT2D eigenvalue weighted by Crippen LogP contribution is -2.34. The lowest BCUT2D eigenvalue weighted by atomic mass is 10.1. The maximum absolute atomic E-state index is 12.4. The van der Waals surface area contributed by atoms with E-state index in [0.717, 1.165) is 0 Å². The summed E-state index contributed by atoms with van der Waals surface area (Å²) in [6.45, 7) is 5.07. The Balaban J connectivity index is 2.11. The molecular formula is C20H24ClN3O4. The van der Waals surface area contributed by atoms with Crippen molar-refractivity contribution >= 4 is 40.5 Å². The van der Waals surface area contributed by atoms with Crippen LogP contribution in [0, 0.1) is 0 Å². The molecule has 0 fully saturated rings. The van der Waals surface area contributed by atoms with Gasteiger partial charge in [-0.25, -0.2) is 0 Å². The molecule has 0 unspecified atom stereocenters. The van der Waals surface area contributed by atoms with Crippen molar-refractivity contribution < 1.29 is 19.2 Å². The number of nitrogens with one attached hydrogen (secondary N) is 3. The Bertz CT molecular complexity index is 850. The van der Waals surface area contributed by atoms with E-state index in [1.807, 2.05) is 18.2 Å². The molecular weight excluding hydrogens is 382 g/mol. The second-order valence-corrected chi connectivity index (χ2v) is 7.35. The summed E-state index contributed by atoms with van der Waals surface area (Å²) in [5.74, 6) is -0.914. The van der Waals surface area contributed by atoms with Crippen LogP contribution in [0.15, 0.2) is 42.5 Å². The lowest BCUT2D eigenvalue weighted by molar-refractivity contribution is -0.153. The Morgan fingerprint density at radius 3 is 2.39 bits per heavy atom. The lowest BCUT2D eigenvalue weighted by Gasteiger charge is -2.19. The molecule has 0 bridgehead atoms. The monoisotopic (exact) mass is 405 g/mol. The van der Waals surface area contributed by atoms with Crippen LogP contribution in [0.3, 0.4) is 0 Å². The largest absolute Gasteiger partial charge is 0.459 e. The van der Waals surface area contributed by atoms with Crippen LogP contribution in [0.2, 0.25) is 5.02 Å². The fourth-order valence-electron chi connectivity index (χ4n) is 2.33. The second kappa shape index (κ2) is 9.43. The van der Waals surface area contributed by atoms with Gasteiger partial charge in [-0.15, -0.1) is 0 Å². The molecule has 0 aliphatic rings. The topological polar surface area (TPSA) is 88.7 Å². The van der Waals surface area contributed by atoms with Crippen LogP contribution >= 0.6 is 11.6 Å². The highest BCUT2D eigenvalue weighted by molar-refractivity contribution is 6.33. The number of para-hydroxylation sites is 1. The summed E-state index contributed by atoms with van der Waals surface area (Å²) in [5, 5.41) is 6.29. The van der Waals surface area contributed by atoms with Crippen molar-refractivity contribution in [3.05, 3.63) is 53.1 Å². The Hall–Kier alpha value is -2.77. The summed E-state index contributed by atoms with van der Waals surface area (Å²) in [5.41, 5.74) is 4.39. The van der Waals surface area contributed by atoms with Crippen LogP contribution in [0.4, 0.5) is 17.1 Å². The van der Waals surface area contributed by atoms with Gasteiger partial charge in [0.05, 0.1) is 29.2 Å². The number of hydrogen-bond acceptors (Lipinski definition) is 6. The molecule has 28 heavy (non-hydrogen) atoms. The van der Waals surface area contributed by atoms with Gasteiger partial charge in [0.25, 0.3) is 5.91 Å². The van der Waals surface area contributed by atoms with Gasteiger partial charge >= 0.3 is 5.97 Å². The van der Waals surface area contributed by atoms with Gasteiger partial charge in [0, 0.05) is 5.56 Å². The highest BCUT2D eigenvalue weighted by Gasteiger charge is 2.17. The van der Waals surface area contributed by atoms with E-state index in [9.17, 15) is 9.59 Å². The first kappa shape index (κ1) is 21.5. The number of amides is 1. The van der Waals surface area contributed by atoms with Crippen LogP contribution in [-0.4, -0.2) is 31.1 Å². The molecule has 2 aromatic carbocycles. The molecule has 1 amide bonds. The van der Waals surface area contributed by atoms with Gasteiger partial charge in [-0.05, 0) is 51.1 Å². The number of benzene rings is 2. The average Bonchev–Trinajstić information content (AvgIpc) is 2.61. The van der Waals surface area contributed by atoms with Gasteiger partial charge in [-0.3, -0.25) is 19.9 Å². The summed E-state index contributed by atoms with van der Waals surface area (Å²) in [4.78, 5) is 29.1. The number of carbonyl (C=O) groups excluding carboxylic acids is 2. The van der Waals surface area contributed by atoms with Gasteiger partial charge in [0.1, 0.15) is 12.1 Å². The predicted octanol–water partition coefficient (Wildman–Crippen LogP) is 4.13. The minimum atomic E-state index is -0.608. The quantitative estimate of drug-likeness (QED) is 0.474. The molecule has 0 saturated carbocycles. The molecule has 0 spiro atoms. The van der Waals surface area contributed by atoms with E-state index < -0.39 is 17.5 Å². The molecule has 0 saturated heterocycles. The zero-order valence-electron chi connectivity index (χ0n) is 16.3. The standard InChI is InChI=1S/C20H24ClN3O4/c1-20(2,3)28-18(25)12-22-19(26)13-9-10-16(17(11-13)24-27-4)23-15-8-6-5-7-14(15)21/h5-11,23-24H,12H2,1-4H3,(H,22,26).